The molecule has 0 aromatic rings. The van der Waals surface area contributed by atoms with E-state index >= 15 is 0 Å². The van der Waals surface area contributed by atoms with Crippen LogP contribution < -0.4 is 28.0 Å². The summed E-state index contributed by atoms with van der Waals surface area (Å²) in [5.74, 6) is 0. The van der Waals surface area contributed by atoms with Gasteiger partial charge in [-0.1, -0.05) is 0 Å². The third kappa shape index (κ3) is 2830. The van der Waals surface area contributed by atoms with Gasteiger partial charge in [-0.15, -0.1) is 10.1 Å². The average molecular weight is 354 g/mol. The van der Waals surface area contributed by atoms with Crippen LogP contribution in [-0.2, 0) is 0 Å². The van der Waals surface area contributed by atoms with Crippen LogP contribution in [0.15, 0.2) is 0 Å². The molecule has 0 heterocycles. The summed E-state index contributed by atoms with van der Waals surface area (Å²) in [5.41, 5.74) is 0. The zero-order chi connectivity index (χ0) is 12.6. The summed E-state index contributed by atoms with van der Waals surface area (Å²) in [6.07, 6.45) is 0. The van der Waals surface area contributed by atoms with Crippen molar-refractivity contribution in [2.24, 2.45) is 0 Å². The second kappa shape index (κ2) is 11.4. The van der Waals surface area contributed by atoms with Crippen LogP contribution in [0.3, 0.4) is 0 Å². The van der Waals surface area contributed by atoms with E-state index in [2.05, 4.69) is 0 Å². The van der Waals surface area contributed by atoms with Gasteiger partial charge in [0.25, 0.3) is 5.09 Å². The fourth-order valence-electron chi connectivity index (χ4n) is 0. The van der Waals surface area contributed by atoms with E-state index in [9.17, 15) is 0 Å². The van der Waals surface area contributed by atoms with Gasteiger partial charge in [0.1, 0.15) is 0 Å². The van der Waals surface area contributed by atoms with Crippen molar-refractivity contribution in [1.82, 2.24) is 0 Å². The van der Waals surface area contributed by atoms with Crippen molar-refractivity contribution >= 4 is 45.5 Å². The Balaban J connectivity index is -0.0000000590. The van der Waals surface area contributed by atoms with Gasteiger partial charge in [0.05, 0.1) is 29.8 Å². The molecule has 0 atom stereocenters. The molecule has 3 N–H and O–H groups in total. The Labute approximate surface area is 122 Å². The van der Waals surface area contributed by atoms with Crippen LogP contribution in [0.25, 0.3) is 0 Å². The van der Waals surface area contributed by atoms with Gasteiger partial charge in [0.15, 0.2) is 0 Å². The Morgan fingerprint density at radius 3 is 0.867 bits per heavy atom. The number of nitrogens with zero attached hydrogens (tertiary/aromatic N) is 1. The van der Waals surface area contributed by atoms with Crippen molar-refractivity contribution in [2.45, 2.75) is 0 Å². The Bertz CT molecular complexity index is 118. The molecule has 0 fully saturated rings. The Hall–Kier alpha value is 0.941. The van der Waals surface area contributed by atoms with Crippen molar-refractivity contribution in [3.63, 3.8) is 0 Å². The summed E-state index contributed by atoms with van der Waals surface area (Å²) in [6, 6.07) is 0. The second-order valence-corrected chi connectivity index (χ2v) is 2.61. The molecule has 0 unspecified atom stereocenters. The van der Waals surface area contributed by atoms with E-state index in [1.54, 1.807) is 0 Å². The Morgan fingerprint density at radius 1 is 0.867 bits per heavy atom. The molecular weight excluding hydrogens is 349 g/mol. The molecule has 0 aliphatic carbocycles. The molecule has 0 aliphatic heterocycles. The molecule has 12 nitrogen and oxygen atoms in total. The second-order valence-electron chi connectivity index (χ2n) is 1.03. The maximum atomic E-state index is 8.60. The van der Waals surface area contributed by atoms with E-state index in [0.717, 1.165) is 0 Å². The van der Waals surface area contributed by atoms with Crippen molar-refractivity contribution < 1.29 is 68.1 Å². The fraction of sp³-hybridized carbons (Fsp3) is 0. The van der Waals surface area contributed by atoms with Crippen molar-refractivity contribution in [3.8, 4) is 0 Å². The van der Waals surface area contributed by atoms with Gasteiger partial charge in [0, 0.05) is 0 Å². The molecule has 0 spiro atoms. The van der Waals surface area contributed by atoms with E-state index in [1.165, 1.54) is 0 Å². The molecule has 0 aromatic heterocycles. The van der Waals surface area contributed by atoms with E-state index in [0.29, 0.717) is 0 Å². The SMILES string of the molecule is O=[N+]([O-])O.[O-][Cl+3]([O-])([O-])O.[O-][Cl+3]([O-])([O-])O.[SrH2]. The molecule has 0 amide bonds. The van der Waals surface area contributed by atoms with Crippen LogP contribution in [0.1, 0.15) is 0 Å². The molecule has 0 rings (SSSR count). The molecule has 0 aromatic carbocycles. The van der Waals surface area contributed by atoms with Crippen LogP contribution >= 0.6 is 0 Å². The average Bonchev–Trinajstić information content (AvgIpc) is 1.45. The summed E-state index contributed by atoms with van der Waals surface area (Å²) in [5, 5.41) is 13.6. The van der Waals surface area contributed by atoms with Gasteiger partial charge in [-0.3, -0.25) is 0 Å². The van der Waals surface area contributed by atoms with Crippen molar-refractivity contribution in [1.29, 1.82) is 0 Å². The minimum atomic E-state index is -4.69. The quantitative estimate of drug-likeness (QED) is 0.209. The topological polar surface area (TPSA) is 242 Å². The van der Waals surface area contributed by atoms with E-state index in [4.69, 9.17) is 52.6 Å². The predicted octanol–water partition coefficient (Wildman–Crippen LogP) is -9.51. The molecule has 0 saturated carbocycles. The first-order chi connectivity index (χ1) is 5.73. The Kier molecular flexibility index (Phi) is 19.0. The van der Waals surface area contributed by atoms with Crippen LogP contribution in [0.5, 0.6) is 0 Å². The molecule has 15 heavy (non-hydrogen) atoms. The normalized spacial score (nSPS) is 9.60. The van der Waals surface area contributed by atoms with E-state index < -0.39 is 25.6 Å². The molecule has 0 aliphatic rings. The molecule has 92 valence electrons. The first-order valence-electron chi connectivity index (χ1n) is 1.83. The number of halogens is 2. The van der Waals surface area contributed by atoms with Crippen molar-refractivity contribution in [2.75, 3.05) is 0 Å². The fourth-order valence-corrected chi connectivity index (χ4v) is 0. The molecular formula is H5Cl2NO11Sr. The standard InChI is InChI=1S/2ClHO4.HNO3.Sr.2H/c2*2-1(3,4)5;2-1(3)4;;;/h2*(H,2,3,4,5);(H,2,3,4);;;. The Morgan fingerprint density at radius 2 is 0.867 bits per heavy atom. The minimum absolute atomic E-state index is 0. The first kappa shape index (κ1) is 25.0. The molecule has 0 bridgehead atoms. The first-order valence-corrected chi connectivity index (χ1v) is 4.36. The molecule has 0 saturated heterocycles. The van der Waals surface area contributed by atoms with Gasteiger partial charge >= 0.3 is 45.5 Å². The van der Waals surface area contributed by atoms with Gasteiger partial charge in [-0.05, 0) is 0 Å². The van der Waals surface area contributed by atoms with Crippen LogP contribution in [0.2, 0.25) is 0 Å². The zero-order valence-corrected chi connectivity index (χ0v) is 7.32. The van der Waals surface area contributed by atoms with Gasteiger partial charge < -0.3 is 5.21 Å². The number of hydrogen-bond acceptors (Lipinski definition) is 10. The molecule has 15 heteroatoms. The third-order valence-corrected chi connectivity index (χ3v) is 0. The summed E-state index contributed by atoms with van der Waals surface area (Å²) >= 11 is 0. The zero-order valence-electron chi connectivity index (χ0n) is 5.81. The third-order valence-electron chi connectivity index (χ3n) is 0. The molecule has 0 radical (unpaired) electrons. The number of rotatable bonds is 0. The number of hydrogen-bond donors (Lipinski definition) is 3. The summed E-state index contributed by atoms with van der Waals surface area (Å²) < 4.78 is 65.4. The summed E-state index contributed by atoms with van der Waals surface area (Å²) in [7, 11) is -9.39. The summed E-state index contributed by atoms with van der Waals surface area (Å²) in [6.45, 7) is 0. The van der Waals surface area contributed by atoms with Crippen LogP contribution in [0.4, 0.5) is 0 Å². The van der Waals surface area contributed by atoms with Crippen LogP contribution in [0, 0.1) is 30.6 Å². The van der Waals surface area contributed by atoms with E-state index in [1.807, 2.05) is 0 Å². The van der Waals surface area contributed by atoms with E-state index in [-0.39, 0.29) is 45.5 Å². The van der Waals surface area contributed by atoms with Crippen LogP contribution in [-0.4, -0.2) is 65.1 Å². The maximum absolute atomic E-state index is 8.60. The van der Waals surface area contributed by atoms with Crippen molar-refractivity contribution in [3.05, 3.63) is 10.1 Å². The van der Waals surface area contributed by atoms with Gasteiger partial charge in [0.2, 0.25) is 0 Å². The van der Waals surface area contributed by atoms with Gasteiger partial charge in [-0.2, -0.15) is 28.0 Å². The monoisotopic (exact) mass is 353 g/mol. The van der Waals surface area contributed by atoms with Gasteiger partial charge in [-0.25, -0.2) is 0 Å². The summed E-state index contributed by atoms with van der Waals surface area (Å²) in [4.78, 5) is 8.36. The predicted molar refractivity (Wildman–Crippen MR) is 21.8 cm³/mol.